The molecule has 1 heteroatoms. The maximum atomic E-state index is 8.72. The standard InChI is InChI=1S/C15H12N/c1-11-4-3-5-15(12(11)2)14-8-6-13(10-16)7-9-14/h3-6,8-9H,1-2H3. The number of nitrogens with zero attached hydrogens (tertiary/aromatic N) is 1. The van der Waals surface area contributed by atoms with Gasteiger partial charge in [0.15, 0.2) is 0 Å². The lowest BCUT2D eigenvalue weighted by atomic mass is 9.96. The fourth-order valence-electron chi connectivity index (χ4n) is 1.73. The second-order valence-corrected chi connectivity index (χ2v) is 3.85. The normalized spacial score (nSPS) is 9.81. The molecule has 77 valence electrons. The summed E-state index contributed by atoms with van der Waals surface area (Å²) in [6.45, 7) is 4.22. The van der Waals surface area contributed by atoms with Gasteiger partial charge < -0.3 is 0 Å². The number of hydrogen-bond donors (Lipinski definition) is 0. The maximum Gasteiger partial charge on any atom is 0.0998 e. The average Bonchev–Trinajstić information content (AvgIpc) is 2.33. The fourth-order valence-corrected chi connectivity index (χ4v) is 1.73. The van der Waals surface area contributed by atoms with E-state index in [0.29, 0.717) is 5.56 Å². The van der Waals surface area contributed by atoms with Gasteiger partial charge in [-0.15, -0.1) is 0 Å². The highest BCUT2D eigenvalue weighted by atomic mass is 14.2. The van der Waals surface area contributed by atoms with Gasteiger partial charge in [0.2, 0.25) is 0 Å². The molecule has 0 saturated heterocycles. The van der Waals surface area contributed by atoms with Crippen molar-refractivity contribution in [2.75, 3.05) is 0 Å². The third-order valence-electron chi connectivity index (χ3n) is 2.85. The van der Waals surface area contributed by atoms with E-state index >= 15 is 0 Å². The van der Waals surface area contributed by atoms with Crippen LogP contribution in [0.3, 0.4) is 0 Å². The number of rotatable bonds is 1. The molecule has 0 amide bonds. The molecule has 0 spiro atoms. The van der Waals surface area contributed by atoms with Crippen LogP contribution in [0.1, 0.15) is 16.7 Å². The summed E-state index contributed by atoms with van der Waals surface area (Å²) >= 11 is 0. The molecule has 1 radical (unpaired) electrons. The molecule has 0 aliphatic rings. The van der Waals surface area contributed by atoms with Crippen LogP contribution in [-0.2, 0) is 0 Å². The van der Waals surface area contributed by atoms with Gasteiger partial charge >= 0.3 is 0 Å². The summed E-state index contributed by atoms with van der Waals surface area (Å²) in [7, 11) is 0. The lowest BCUT2D eigenvalue weighted by molar-refractivity contribution is 1.34. The van der Waals surface area contributed by atoms with Crippen LogP contribution in [0.4, 0.5) is 0 Å². The first-order valence-corrected chi connectivity index (χ1v) is 5.21. The van der Waals surface area contributed by atoms with Crippen LogP contribution >= 0.6 is 0 Å². The monoisotopic (exact) mass is 206 g/mol. The summed E-state index contributed by atoms with van der Waals surface area (Å²) < 4.78 is 0. The summed E-state index contributed by atoms with van der Waals surface area (Å²) in [6, 6.07) is 16.9. The third kappa shape index (κ3) is 1.83. The first-order chi connectivity index (χ1) is 7.72. The van der Waals surface area contributed by atoms with Gasteiger partial charge in [-0.3, -0.25) is 0 Å². The van der Waals surface area contributed by atoms with Crippen molar-refractivity contribution in [3.05, 3.63) is 59.2 Å². The Balaban J connectivity index is 2.51. The highest BCUT2D eigenvalue weighted by Gasteiger charge is 2.03. The minimum absolute atomic E-state index is 0.578. The van der Waals surface area contributed by atoms with Gasteiger partial charge in [0.05, 0.1) is 11.6 Å². The van der Waals surface area contributed by atoms with Crippen LogP contribution in [0.25, 0.3) is 11.1 Å². The molecule has 0 N–H and O–H groups in total. The van der Waals surface area contributed by atoms with Crippen LogP contribution < -0.4 is 0 Å². The smallest absolute Gasteiger partial charge is 0.0998 e. The predicted octanol–water partition coefficient (Wildman–Crippen LogP) is 3.64. The molecule has 0 fully saturated rings. The summed E-state index contributed by atoms with van der Waals surface area (Å²) in [4.78, 5) is 0. The molecular formula is C15H12N. The Hall–Kier alpha value is -2.07. The molecule has 16 heavy (non-hydrogen) atoms. The third-order valence-corrected chi connectivity index (χ3v) is 2.85. The lowest BCUT2D eigenvalue weighted by Crippen LogP contribution is -1.87. The molecule has 0 aliphatic carbocycles. The molecule has 0 heterocycles. The van der Waals surface area contributed by atoms with E-state index in [2.05, 4.69) is 44.2 Å². The van der Waals surface area contributed by atoms with E-state index in [1.807, 2.05) is 12.1 Å². The van der Waals surface area contributed by atoms with E-state index in [1.165, 1.54) is 16.7 Å². The highest BCUT2D eigenvalue weighted by Crippen LogP contribution is 2.25. The Morgan fingerprint density at radius 1 is 1.12 bits per heavy atom. The SMILES string of the molecule is Cc1cccc(-c2c[c]c(C#N)cc2)c1C. The van der Waals surface area contributed by atoms with Crippen LogP contribution in [-0.4, -0.2) is 0 Å². The van der Waals surface area contributed by atoms with Gasteiger partial charge in [-0.2, -0.15) is 5.26 Å². The van der Waals surface area contributed by atoms with Crippen molar-refractivity contribution in [2.24, 2.45) is 0 Å². The van der Waals surface area contributed by atoms with Crippen molar-refractivity contribution in [3.63, 3.8) is 0 Å². The van der Waals surface area contributed by atoms with Gasteiger partial charge in [-0.25, -0.2) is 0 Å². The van der Waals surface area contributed by atoms with Crippen LogP contribution in [0.5, 0.6) is 0 Å². The van der Waals surface area contributed by atoms with Crippen molar-refractivity contribution in [2.45, 2.75) is 13.8 Å². The zero-order valence-electron chi connectivity index (χ0n) is 9.41. The average molecular weight is 206 g/mol. The van der Waals surface area contributed by atoms with Gasteiger partial charge in [0, 0.05) is 6.07 Å². The largest absolute Gasteiger partial charge is 0.192 e. The molecule has 0 atom stereocenters. The van der Waals surface area contributed by atoms with Crippen molar-refractivity contribution < 1.29 is 0 Å². The summed E-state index contributed by atoms with van der Waals surface area (Å²) in [6.07, 6.45) is 0. The van der Waals surface area contributed by atoms with Crippen molar-refractivity contribution in [3.8, 4) is 17.2 Å². The Morgan fingerprint density at radius 2 is 1.94 bits per heavy atom. The molecule has 0 unspecified atom stereocenters. The van der Waals surface area contributed by atoms with E-state index in [1.54, 1.807) is 6.07 Å². The second kappa shape index (κ2) is 4.20. The van der Waals surface area contributed by atoms with E-state index in [9.17, 15) is 0 Å². The van der Waals surface area contributed by atoms with Gasteiger partial charge in [-0.05, 0) is 48.2 Å². The summed E-state index contributed by atoms with van der Waals surface area (Å²) in [5, 5.41) is 8.72. The second-order valence-electron chi connectivity index (χ2n) is 3.85. The zero-order chi connectivity index (χ0) is 11.5. The Bertz CT molecular complexity index is 545. The lowest BCUT2D eigenvalue weighted by Gasteiger charge is -2.08. The zero-order valence-corrected chi connectivity index (χ0v) is 9.41. The fraction of sp³-hybridized carbons (Fsp3) is 0.133. The molecule has 2 rings (SSSR count). The molecule has 2 aromatic carbocycles. The quantitative estimate of drug-likeness (QED) is 0.698. The van der Waals surface area contributed by atoms with Crippen molar-refractivity contribution in [1.29, 1.82) is 5.26 Å². The molecule has 0 saturated carbocycles. The molecule has 0 bridgehead atoms. The Labute approximate surface area is 96.0 Å². The van der Waals surface area contributed by atoms with Crippen molar-refractivity contribution >= 4 is 0 Å². The molecule has 0 aromatic heterocycles. The molecular weight excluding hydrogens is 194 g/mol. The van der Waals surface area contributed by atoms with E-state index in [0.717, 1.165) is 5.56 Å². The highest BCUT2D eigenvalue weighted by molar-refractivity contribution is 5.68. The summed E-state index contributed by atoms with van der Waals surface area (Å²) in [5.41, 5.74) is 5.46. The van der Waals surface area contributed by atoms with Crippen molar-refractivity contribution in [1.82, 2.24) is 0 Å². The number of nitriles is 1. The van der Waals surface area contributed by atoms with Gasteiger partial charge in [0.1, 0.15) is 0 Å². The van der Waals surface area contributed by atoms with Gasteiger partial charge in [0.25, 0.3) is 0 Å². The summed E-state index contributed by atoms with van der Waals surface area (Å²) in [5.74, 6) is 0. The first kappa shape index (κ1) is 10.4. The maximum absolute atomic E-state index is 8.72. The number of hydrogen-bond acceptors (Lipinski definition) is 1. The topological polar surface area (TPSA) is 23.8 Å². The van der Waals surface area contributed by atoms with E-state index in [4.69, 9.17) is 5.26 Å². The number of benzene rings is 2. The first-order valence-electron chi connectivity index (χ1n) is 5.21. The van der Waals surface area contributed by atoms with Crippen LogP contribution in [0.2, 0.25) is 0 Å². The minimum atomic E-state index is 0.578. The minimum Gasteiger partial charge on any atom is -0.192 e. The van der Waals surface area contributed by atoms with Crippen LogP contribution in [0.15, 0.2) is 36.4 Å². The Kier molecular flexibility index (Phi) is 2.74. The van der Waals surface area contributed by atoms with E-state index in [-0.39, 0.29) is 0 Å². The molecule has 1 nitrogen and oxygen atoms in total. The van der Waals surface area contributed by atoms with Crippen LogP contribution in [0, 0.1) is 31.2 Å². The molecule has 0 aliphatic heterocycles. The predicted molar refractivity (Wildman–Crippen MR) is 64.9 cm³/mol. The van der Waals surface area contributed by atoms with Gasteiger partial charge in [-0.1, -0.05) is 24.3 Å². The number of aryl methyl sites for hydroxylation is 1. The Morgan fingerprint density at radius 3 is 2.56 bits per heavy atom. The molecule has 2 aromatic rings. The van der Waals surface area contributed by atoms with E-state index < -0.39 is 0 Å².